The second-order valence-corrected chi connectivity index (χ2v) is 12.0. The summed E-state index contributed by atoms with van der Waals surface area (Å²) in [6.07, 6.45) is 12.1. The SMILES string of the molecule is O=C(O[C@@H](c1ccccc1)[C@@H](OC(=O)c1ccc(C2CC[CH-]CC2)cc1)c1ccccc1)c1ccc(C2CC[CH-]CC2)cc1.[Y].[Y]. The average molecular weight is 763 g/mol. The van der Waals surface area contributed by atoms with E-state index in [1.807, 2.05) is 109 Å². The molecule has 4 aromatic rings. The van der Waals surface area contributed by atoms with Crippen LogP contribution in [0.15, 0.2) is 109 Å². The standard InChI is InChI=1S/C40H40O4.2Y/c41-39(35-25-21-31(22-26-35)29-13-5-1-6-14-29)43-37(33-17-9-3-10-18-33)38(34-19-11-4-12-20-34)44-40(42)36-27-23-32(24-28-36)30-15-7-2-8-16-30;;/h1-4,9-12,17-30,37-38H,5-8,13-16H2;;/q-2;;/t37-,38-;;/m0../s1. The minimum atomic E-state index is -0.846. The van der Waals surface area contributed by atoms with Crippen molar-refractivity contribution in [3.05, 3.63) is 155 Å². The molecule has 0 saturated heterocycles. The van der Waals surface area contributed by atoms with Crippen molar-refractivity contribution in [2.24, 2.45) is 0 Å². The molecule has 6 rings (SSSR count). The summed E-state index contributed by atoms with van der Waals surface area (Å²) in [6, 6.07) is 34.7. The molecule has 0 amide bonds. The molecule has 2 radical (unpaired) electrons. The summed E-state index contributed by atoms with van der Waals surface area (Å²) in [5.74, 6) is 0.153. The van der Waals surface area contributed by atoms with Crippen LogP contribution in [0.25, 0.3) is 0 Å². The van der Waals surface area contributed by atoms with Crippen molar-refractivity contribution >= 4 is 11.9 Å². The van der Waals surface area contributed by atoms with Gasteiger partial charge in [0.15, 0.2) is 12.2 Å². The summed E-state index contributed by atoms with van der Waals surface area (Å²) in [5, 5.41) is 0. The van der Waals surface area contributed by atoms with Crippen molar-refractivity contribution in [2.45, 2.75) is 75.4 Å². The van der Waals surface area contributed by atoms with E-state index in [1.165, 1.54) is 11.1 Å². The first-order valence-corrected chi connectivity index (χ1v) is 16.0. The van der Waals surface area contributed by atoms with Crippen LogP contribution in [0, 0.1) is 12.8 Å². The van der Waals surface area contributed by atoms with Crippen LogP contribution in [-0.2, 0) is 74.9 Å². The fourth-order valence-electron chi connectivity index (χ4n) is 6.56. The number of carbonyl (C=O) groups excluding carboxylic acids is 2. The van der Waals surface area contributed by atoms with Gasteiger partial charge in [-0.2, -0.15) is 25.7 Å². The molecule has 0 unspecified atom stereocenters. The van der Waals surface area contributed by atoms with Gasteiger partial charge in [-0.3, -0.25) is 0 Å². The van der Waals surface area contributed by atoms with Gasteiger partial charge >= 0.3 is 11.9 Å². The van der Waals surface area contributed by atoms with Gasteiger partial charge in [-0.05, 0) is 58.4 Å². The van der Waals surface area contributed by atoms with Crippen LogP contribution in [0.5, 0.6) is 0 Å². The Kier molecular flexibility index (Phi) is 14.9. The normalized spacial score (nSPS) is 16.6. The molecule has 0 aliphatic heterocycles. The molecule has 0 heterocycles. The van der Waals surface area contributed by atoms with Gasteiger partial charge in [-0.15, -0.1) is 0 Å². The predicted octanol–water partition coefficient (Wildman–Crippen LogP) is 9.90. The van der Waals surface area contributed by atoms with Gasteiger partial charge in [0.25, 0.3) is 0 Å². The third kappa shape index (κ3) is 9.56. The van der Waals surface area contributed by atoms with Crippen molar-refractivity contribution in [2.75, 3.05) is 0 Å². The van der Waals surface area contributed by atoms with E-state index in [2.05, 4.69) is 12.8 Å². The summed E-state index contributed by atoms with van der Waals surface area (Å²) in [5.41, 5.74) is 4.98. The van der Waals surface area contributed by atoms with Gasteiger partial charge in [-0.1, -0.05) is 111 Å². The topological polar surface area (TPSA) is 52.6 Å². The van der Waals surface area contributed by atoms with E-state index < -0.39 is 24.1 Å². The molecule has 46 heavy (non-hydrogen) atoms. The Balaban J connectivity index is 0.00000240. The molecule has 2 aliphatic rings. The molecule has 0 bridgehead atoms. The second-order valence-electron chi connectivity index (χ2n) is 12.0. The Morgan fingerprint density at radius 1 is 0.500 bits per heavy atom. The number of carbonyl (C=O) groups is 2. The fourth-order valence-corrected chi connectivity index (χ4v) is 6.56. The number of esters is 2. The third-order valence-electron chi connectivity index (χ3n) is 9.11. The van der Waals surface area contributed by atoms with E-state index in [-0.39, 0.29) is 65.4 Å². The first kappa shape index (κ1) is 36.9. The Bertz CT molecular complexity index is 1380. The average Bonchev–Trinajstić information content (AvgIpc) is 3.11. The summed E-state index contributed by atoms with van der Waals surface area (Å²) in [6.45, 7) is 0. The number of benzene rings is 4. The Morgan fingerprint density at radius 3 is 1.15 bits per heavy atom. The molecule has 6 heteroatoms. The van der Waals surface area contributed by atoms with Gasteiger partial charge < -0.3 is 22.3 Å². The molecule has 2 aliphatic carbocycles. The molecule has 2 saturated carbocycles. The van der Waals surface area contributed by atoms with Gasteiger partial charge in [0.05, 0.1) is 11.1 Å². The smallest absolute Gasteiger partial charge is 0.338 e. The van der Waals surface area contributed by atoms with Crippen LogP contribution in [0.1, 0.15) is 118 Å². The molecule has 2 atom stereocenters. The van der Waals surface area contributed by atoms with Crippen LogP contribution in [0.2, 0.25) is 0 Å². The zero-order valence-corrected chi connectivity index (χ0v) is 32.0. The maximum absolute atomic E-state index is 13.6. The van der Waals surface area contributed by atoms with Crippen LogP contribution in [0.3, 0.4) is 0 Å². The Morgan fingerprint density at radius 2 is 0.826 bits per heavy atom. The fraction of sp³-hybridized carbons (Fsp3) is 0.300. The number of ether oxygens (including phenoxy) is 2. The predicted molar refractivity (Wildman–Crippen MR) is 173 cm³/mol. The molecule has 2 fully saturated rings. The molecule has 4 nitrogen and oxygen atoms in total. The maximum atomic E-state index is 13.6. The summed E-state index contributed by atoms with van der Waals surface area (Å²) < 4.78 is 12.5. The maximum Gasteiger partial charge on any atom is 0.338 e. The molecule has 0 spiro atoms. The number of rotatable bonds is 9. The molecular formula is C40H40O4Y2-2. The van der Waals surface area contributed by atoms with Gasteiger partial charge in [0.1, 0.15) is 0 Å². The molecule has 0 aromatic heterocycles. The van der Waals surface area contributed by atoms with E-state index in [0.29, 0.717) is 23.0 Å². The van der Waals surface area contributed by atoms with Crippen LogP contribution >= 0.6 is 0 Å². The van der Waals surface area contributed by atoms with Crippen molar-refractivity contribution in [3.63, 3.8) is 0 Å². The zero-order valence-electron chi connectivity index (χ0n) is 26.3. The van der Waals surface area contributed by atoms with Crippen LogP contribution in [0.4, 0.5) is 0 Å². The van der Waals surface area contributed by atoms with E-state index in [0.717, 1.165) is 62.5 Å². The molecular weight excluding hydrogens is 722 g/mol. The monoisotopic (exact) mass is 762 g/mol. The van der Waals surface area contributed by atoms with Crippen molar-refractivity contribution < 1.29 is 84.5 Å². The largest absolute Gasteiger partial charge is 0.450 e. The van der Waals surface area contributed by atoms with E-state index >= 15 is 0 Å². The summed E-state index contributed by atoms with van der Waals surface area (Å²) in [7, 11) is 0. The Hall–Kier alpha value is -1.97. The van der Waals surface area contributed by atoms with Crippen LogP contribution in [-0.4, -0.2) is 11.9 Å². The number of hydrogen-bond donors (Lipinski definition) is 0. The van der Waals surface area contributed by atoms with Crippen molar-refractivity contribution in [3.8, 4) is 0 Å². The van der Waals surface area contributed by atoms with E-state index in [4.69, 9.17) is 9.47 Å². The molecule has 0 N–H and O–H groups in total. The minimum absolute atomic E-state index is 0. The molecule has 232 valence electrons. The van der Waals surface area contributed by atoms with Gasteiger partial charge in [0, 0.05) is 65.4 Å². The zero-order chi connectivity index (χ0) is 30.1. The summed E-state index contributed by atoms with van der Waals surface area (Å²) in [4.78, 5) is 27.3. The van der Waals surface area contributed by atoms with Gasteiger partial charge in [-0.25, -0.2) is 9.59 Å². The minimum Gasteiger partial charge on any atom is -0.450 e. The van der Waals surface area contributed by atoms with E-state index in [9.17, 15) is 9.59 Å². The van der Waals surface area contributed by atoms with E-state index in [1.54, 1.807) is 0 Å². The first-order valence-electron chi connectivity index (χ1n) is 16.0. The van der Waals surface area contributed by atoms with Crippen molar-refractivity contribution in [1.82, 2.24) is 0 Å². The number of hydrogen-bond acceptors (Lipinski definition) is 4. The third-order valence-corrected chi connectivity index (χ3v) is 9.11. The van der Waals surface area contributed by atoms with Crippen molar-refractivity contribution in [1.29, 1.82) is 0 Å². The molecule has 4 aromatic carbocycles. The summed E-state index contributed by atoms with van der Waals surface area (Å²) >= 11 is 0. The second kappa shape index (κ2) is 18.5. The first-order chi connectivity index (χ1) is 21.7. The van der Waals surface area contributed by atoms with Crippen LogP contribution < -0.4 is 0 Å². The van der Waals surface area contributed by atoms with Gasteiger partial charge in [0.2, 0.25) is 0 Å². The Labute approximate surface area is 324 Å². The quantitative estimate of drug-likeness (QED) is 0.126.